The Kier molecular flexibility index (Phi) is 8.60. The second-order valence-corrected chi connectivity index (χ2v) is 9.17. The Morgan fingerprint density at radius 2 is 1.71 bits per heavy atom. The number of hydrogen-bond donors (Lipinski definition) is 2. The zero-order valence-corrected chi connectivity index (χ0v) is 20.3. The average Bonchev–Trinajstić information content (AvgIpc) is 3.58. The zero-order chi connectivity index (χ0) is 24.6. The number of carbonyl (C=O) groups is 2. The van der Waals surface area contributed by atoms with E-state index in [0.29, 0.717) is 32.7 Å². The van der Waals surface area contributed by atoms with Crippen LogP contribution < -0.4 is 10.1 Å². The zero-order valence-electron chi connectivity index (χ0n) is 20.3. The highest BCUT2D eigenvalue weighted by Crippen LogP contribution is 2.27. The number of ether oxygens (including phenoxy) is 2. The van der Waals surface area contributed by atoms with Crippen LogP contribution in [0.15, 0.2) is 54.6 Å². The third kappa shape index (κ3) is 6.32. The Bertz CT molecular complexity index is 969. The van der Waals surface area contributed by atoms with Crippen LogP contribution in [0.25, 0.3) is 0 Å². The molecule has 8 nitrogen and oxygen atoms in total. The number of nitrogens with one attached hydrogen (secondary N) is 1. The lowest BCUT2D eigenvalue weighted by Crippen LogP contribution is -2.54. The predicted molar refractivity (Wildman–Crippen MR) is 132 cm³/mol. The van der Waals surface area contributed by atoms with Crippen LogP contribution in [0.4, 0.5) is 4.79 Å². The minimum Gasteiger partial charge on any atom is -0.497 e. The van der Waals surface area contributed by atoms with Gasteiger partial charge in [-0.15, -0.1) is 0 Å². The number of amides is 3. The lowest BCUT2D eigenvalue weighted by atomic mass is 10.1. The molecule has 0 radical (unpaired) electrons. The molecule has 188 valence electrons. The van der Waals surface area contributed by atoms with Crippen LogP contribution in [0.3, 0.4) is 0 Å². The molecule has 2 fully saturated rings. The Morgan fingerprint density at radius 1 is 1.00 bits per heavy atom. The first-order valence-electron chi connectivity index (χ1n) is 12.3. The molecule has 0 spiro atoms. The molecule has 1 unspecified atom stereocenters. The predicted octanol–water partition coefficient (Wildman–Crippen LogP) is 2.94. The molecule has 2 aromatic rings. The van der Waals surface area contributed by atoms with Crippen molar-refractivity contribution in [1.82, 2.24) is 15.1 Å². The second kappa shape index (κ2) is 12.0. The standard InChI is InChI=1S/C27H35N3O5/c1-34-22-13-11-20(12-14-22)17-28-27(33)30-16-6-10-24(30)26(32)29-15-5-9-23(29)25(31)19-35-18-21-7-3-2-4-8-21/h2-4,7-8,11-14,23-25,31H,5-6,9-10,15-19H2,1H3,(H,28,33)/t23-,24-,25?/m0/s1. The molecule has 2 aliphatic rings. The lowest BCUT2D eigenvalue weighted by molar-refractivity contribution is -0.139. The maximum absolute atomic E-state index is 13.5. The van der Waals surface area contributed by atoms with Gasteiger partial charge in [0, 0.05) is 19.6 Å². The summed E-state index contributed by atoms with van der Waals surface area (Å²) in [5.41, 5.74) is 2.00. The summed E-state index contributed by atoms with van der Waals surface area (Å²) in [7, 11) is 1.61. The molecule has 3 amide bonds. The van der Waals surface area contributed by atoms with Crippen LogP contribution >= 0.6 is 0 Å². The summed E-state index contributed by atoms with van der Waals surface area (Å²) < 4.78 is 10.9. The van der Waals surface area contributed by atoms with Gasteiger partial charge in [-0.2, -0.15) is 0 Å². The quantitative estimate of drug-likeness (QED) is 0.575. The van der Waals surface area contributed by atoms with Gasteiger partial charge in [-0.25, -0.2) is 4.79 Å². The number of rotatable bonds is 9. The molecule has 8 heteroatoms. The van der Waals surface area contributed by atoms with Crippen molar-refractivity contribution in [2.45, 2.75) is 57.0 Å². The highest BCUT2D eigenvalue weighted by atomic mass is 16.5. The summed E-state index contributed by atoms with van der Waals surface area (Å²) in [4.78, 5) is 29.8. The summed E-state index contributed by atoms with van der Waals surface area (Å²) in [6, 6.07) is 16.3. The molecule has 2 aliphatic heterocycles. The lowest BCUT2D eigenvalue weighted by Gasteiger charge is -2.33. The van der Waals surface area contributed by atoms with Crippen LogP contribution in [0.1, 0.15) is 36.8 Å². The molecule has 4 rings (SSSR count). The van der Waals surface area contributed by atoms with Crippen molar-refractivity contribution in [3.63, 3.8) is 0 Å². The van der Waals surface area contributed by atoms with Crippen molar-refractivity contribution >= 4 is 11.9 Å². The van der Waals surface area contributed by atoms with E-state index in [1.807, 2.05) is 54.6 Å². The first-order chi connectivity index (χ1) is 17.1. The Labute approximate surface area is 206 Å². The molecule has 35 heavy (non-hydrogen) atoms. The molecular formula is C27H35N3O5. The van der Waals surface area contributed by atoms with Crippen molar-refractivity contribution in [3.05, 3.63) is 65.7 Å². The Hall–Kier alpha value is -3.10. The minimum atomic E-state index is -0.760. The highest BCUT2D eigenvalue weighted by Gasteiger charge is 2.41. The average molecular weight is 482 g/mol. The maximum Gasteiger partial charge on any atom is 0.318 e. The molecule has 2 N–H and O–H groups in total. The fourth-order valence-electron chi connectivity index (χ4n) is 4.93. The number of carbonyl (C=O) groups excluding carboxylic acids is 2. The number of nitrogens with zero attached hydrogens (tertiary/aromatic N) is 2. The van der Waals surface area contributed by atoms with Crippen molar-refractivity contribution in [2.75, 3.05) is 26.8 Å². The van der Waals surface area contributed by atoms with E-state index in [-0.39, 0.29) is 24.6 Å². The van der Waals surface area contributed by atoms with Crippen LogP contribution in [0.2, 0.25) is 0 Å². The van der Waals surface area contributed by atoms with Gasteiger partial charge in [-0.3, -0.25) is 4.79 Å². The number of likely N-dealkylation sites (tertiary alicyclic amines) is 2. The van der Waals surface area contributed by atoms with Crippen LogP contribution in [0, 0.1) is 0 Å². The van der Waals surface area contributed by atoms with Crippen LogP contribution in [-0.2, 0) is 22.7 Å². The van der Waals surface area contributed by atoms with Gasteiger partial charge in [0.2, 0.25) is 5.91 Å². The van der Waals surface area contributed by atoms with E-state index in [2.05, 4.69) is 5.32 Å². The van der Waals surface area contributed by atoms with Gasteiger partial charge >= 0.3 is 6.03 Å². The molecule has 0 bridgehead atoms. The summed E-state index contributed by atoms with van der Waals surface area (Å²) in [6.45, 7) is 2.11. The fraction of sp³-hybridized carbons (Fsp3) is 0.481. The number of hydrogen-bond acceptors (Lipinski definition) is 5. The molecule has 2 aromatic carbocycles. The van der Waals surface area contributed by atoms with Crippen molar-refractivity contribution in [1.29, 1.82) is 0 Å². The molecule has 2 heterocycles. The third-order valence-corrected chi connectivity index (χ3v) is 6.83. The van der Waals surface area contributed by atoms with E-state index in [1.54, 1.807) is 16.9 Å². The minimum absolute atomic E-state index is 0.0771. The maximum atomic E-state index is 13.5. The molecule has 2 saturated heterocycles. The van der Waals surface area contributed by atoms with E-state index >= 15 is 0 Å². The number of aliphatic hydroxyl groups excluding tert-OH is 1. The first kappa shape index (κ1) is 25.0. The monoisotopic (exact) mass is 481 g/mol. The number of benzene rings is 2. The summed E-state index contributed by atoms with van der Waals surface area (Å²) in [6.07, 6.45) is 2.23. The number of methoxy groups -OCH3 is 1. The van der Waals surface area contributed by atoms with E-state index in [1.165, 1.54) is 0 Å². The van der Waals surface area contributed by atoms with Gasteiger partial charge in [-0.05, 0) is 48.9 Å². The summed E-state index contributed by atoms with van der Waals surface area (Å²) >= 11 is 0. The highest BCUT2D eigenvalue weighted by molar-refractivity contribution is 5.88. The van der Waals surface area contributed by atoms with E-state index in [0.717, 1.165) is 36.1 Å². The second-order valence-electron chi connectivity index (χ2n) is 9.17. The molecule has 0 aromatic heterocycles. The van der Waals surface area contributed by atoms with Gasteiger partial charge in [-0.1, -0.05) is 42.5 Å². The van der Waals surface area contributed by atoms with Crippen molar-refractivity contribution in [3.8, 4) is 5.75 Å². The molecule has 0 aliphatic carbocycles. The third-order valence-electron chi connectivity index (χ3n) is 6.83. The van der Waals surface area contributed by atoms with E-state index < -0.39 is 12.1 Å². The largest absolute Gasteiger partial charge is 0.497 e. The fourth-order valence-corrected chi connectivity index (χ4v) is 4.93. The van der Waals surface area contributed by atoms with Crippen LogP contribution in [-0.4, -0.2) is 71.8 Å². The van der Waals surface area contributed by atoms with Crippen LogP contribution in [0.5, 0.6) is 5.75 Å². The summed E-state index contributed by atoms with van der Waals surface area (Å²) in [5.74, 6) is 0.685. The van der Waals surface area contributed by atoms with Gasteiger partial charge in [0.15, 0.2) is 0 Å². The van der Waals surface area contributed by atoms with Gasteiger partial charge in [0.25, 0.3) is 0 Å². The number of aliphatic hydroxyl groups is 1. The SMILES string of the molecule is COc1ccc(CNC(=O)N2CCC[C@H]2C(=O)N2CCC[C@H]2C(O)COCc2ccccc2)cc1. The van der Waals surface area contributed by atoms with E-state index in [4.69, 9.17) is 9.47 Å². The van der Waals surface area contributed by atoms with Gasteiger partial charge in [0.1, 0.15) is 11.8 Å². The first-order valence-corrected chi connectivity index (χ1v) is 12.3. The van der Waals surface area contributed by atoms with Crippen molar-refractivity contribution < 1.29 is 24.2 Å². The van der Waals surface area contributed by atoms with E-state index in [9.17, 15) is 14.7 Å². The smallest absolute Gasteiger partial charge is 0.318 e. The molecule has 0 saturated carbocycles. The summed E-state index contributed by atoms with van der Waals surface area (Å²) in [5, 5.41) is 13.7. The normalized spacial score (nSPS) is 20.6. The topological polar surface area (TPSA) is 91.3 Å². The van der Waals surface area contributed by atoms with Gasteiger partial charge in [0.05, 0.1) is 32.5 Å². The Morgan fingerprint density at radius 3 is 2.46 bits per heavy atom. The Balaban J connectivity index is 1.30. The van der Waals surface area contributed by atoms with Crippen molar-refractivity contribution in [2.24, 2.45) is 0 Å². The molecular weight excluding hydrogens is 446 g/mol. The van der Waals surface area contributed by atoms with Gasteiger partial charge < -0.3 is 29.7 Å². The number of urea groups is 1. The molecule has 3 atom stereocenters.